The molecular formula is C14H24O. The lowest BCUT2D eigenvalue weighted by Crippen LogP contribution is -2.34. The second kappa shape index (κ2) is 4.52. The Morgan fingerprint density at radius 3 is 2.60 bits per heavy atom. The molecule has 0 amide bonds. The molecule has 1 N–H and O–H groups in total. The third-order valence-electron chi connectivity index (χ3n) is 4.01. The summed E-state index contributed by atoms with van der Waals surface area (Å²) in [6.07, 6.45) is 5.80. The number of rotatable bonds is 2. The molecule has 86 valence electrons. The highest BCUT2D eigenvalue weighted by atomic mass is 16.3. The third-order valence-corrected chi connectivity index (χ3v) is 4.01. The molecule has 0 bridgehead atoms. The van der Waals surface area contributed by atoms with Crippen LogP contribution in [0.2, 0.25) is 0 Å². The minimum Gasteiger partial charge on any atom is -0.385 e. The summed E-state index contributed by atoms with van der Waals surface area (Å²) >= 11 is 0. The SMILES string of the molecule is CC=CC(O)C1=C(C)CCC(C)C1(C)C. The van der Waals surface area contributed by atoms with E-state index in [0.29, 0.717) is 5.92 Å². The standard InChI is InChI=1S/C14H24O/c1-6-7-12(15)13-10(2)8-9-11(3)14(13,4)5/h6-7,11-12,15H,8-9H2,1-5H3. The van der Waals surface area contributed by atoms with Gasteiger partial charge in [-0.05, 0) is 43.6 Å². The number of hydrogen-bond donors (Lipinski definition) is 1. The average molecular weight is 208 g/mol. The van der Waals surface area contributed by atoms with E-state index in [1.54, 1.807) is 0 Å². The van der Waals surface area contributed by atoms with Gasteiger partial charge in [-0.3, -0.25) is 0 Å². The maximum Gasteiger partial charge on any atom is 0.0939 e. The summed E-state index contributed by atoms with van der Waals surface area (Å²) in [4.78, 5) is 0. The fourth-order valence-corrected chi connectivity index (χ4v) is 2.66. The minimum atomic E-state index is -0.396. The zero-order valence-electron chi connectivity index (χ0n) is 10.7. The summed E-state index contributed by atoms with van der Waals surface area (Å²) in [6, 6.07) is 0. The number of aliphatic hydroxyl groups excluding tert-OH is 1. The monoisotopic (exact) mass is 208 g/mol. The first-order valence-corrected chi connectivity index (χ1v) is 5.92. The maximum atomic E-state index is 10.2. The van der Waals surface area contributed by atoms with Gasteiger partial charge in [0, 0.05) is 0 Å². The van der Waals surface area contributed by atoms with Gasteiger partial charge in [-0.25, -0.2) is 0 Å². The molecule has 1 nitrogen and oxygen atoms in total. The van der Waals surface area contributed by atoms with Crippen LogP contribution in [0, 0.1) is 11.3 Å². The molecule has 2 atom stereocenters. The van der Waals surface area contributed by atoms with Crippen molar-refractivity contribution < 1.29 is 5.11 Å². The smallest absolute Gasteiger partial charge is 0.0939 e. The lowest BCUT2D eigenvalue weighted by molar-refractivity contribution is 0.170. The van der Waals surface area contributed by atoms with Gasteiger partial charge in [0.05, 0.1) is 6.10 Å². The van der Waals surface area contributed by atoms with Crippen LogP contribution in [0.5, 0.6) is 0 Å². The van der Waals surface area contributed by atoms with Crippen molar-refractivity contribution in [1.82, 2.24) is 0 Å². The summed E-state index contributed by atoms with van der Waals surface area (Å²) < 4.78 is 0. The molecule has 1 rings (SSSR count). The Balaban J connectivity index is 3.09. The molecule has 0 heterocycles. The first kappa shape index (κ1) is 12.5. The van der Waals surface area contributed by atoms with Crippen molar-refractivity contribution in [1.29, 1.82) is 0 Å². The molecule has 0 saturated heterocycles. The van der Waals surface area contributed by atoms with Crippen LogP contribution in [0.25, 0.3) is 0 Å². The van der Waals surface area contributed by atoms with Crippen molar-refractivity contribution in [2.75, 3.05) is 0 Å². The van der Waals surface area contributed by atoms with Gasteiger partial charge in [-0.1, -0.05) is 38.5 Å². The normalized spacial score (nSPS) is 28.5. The molecule has 0 fully saturated rings. The van der Waals surface area contributed by atoms with Crippen LogP contribution in [0.3, 0.4) is 0 Å². The van der Waals surface area contributed by atoms with Crippen LogP contribution in [-0.2, 0) is 0 Å². The molecule has 1 aliphatic carbocycles. The Hall–Kier alpha value is -0.560. The number of hydrogen-bond acceptors (Lipinski definition) is 1. The average Bonchev–Trinajstić information content (AvgIpc) is 2.12. The molecule has 0 saturated carbocycles. The van der Waals surface area contributed by atoms with E-state index in [0.717, 1.165) is 6.42 Å². The van der Waals surface area contributed by atoms with Crippen LogP contribution < -0.4 is 0 Å². The minimum absolute atomic E-state index is 0.126. The summed E-state index contributed by atoms with van der Waals surface area (Å²) in [6.45, 7) is 10.9. The first-order valence-electron chi connectivity index (χ1n) is 5.92. The highest BCUT2D eigenvalue weighted by Crippen LogP contribution is 2.45. The van der Waals surface area contributed by atoms with E-state index < -0.39 is 6.10 Å². The predicted octanol–water partition coefficient (Wildman–Crippen LogP) is 3.70. The summed E-state index contributed by atoms with van der Waals surface area (Å²) in [7, 11) is 0. The zero-order valence-corrected chi connectivity index (χ0v) is 10.7. The van der Waals surface area contributed by atoms with E-state index >= 15 is 0 Å². The highest BCUT2D eigenvalue weighted by molar-refractivity contribution is 5.30. The van der Waals surface area contributed by atoms with Gasteiger partial charge in [-0.15, -0.1) is 0 Å². The fraction of sp³-hybridized carbons (Fsp3) is 0.714. The van der Waals surface area contributed by atoms with Crippen molar-refractivity contribution in [3.05, 3.63) is 23.3 Å². The van der Waals surface area contributed by atoms with Crippen LogP contribution in [0.4, 0.5) is 0 Å². The summed E-state index contributed by atoms with van der Waals surface area (Å²) in [5, 5.41) is 10.2. The van der Waals surface area contributed by atoms with Crippen LogP contribution in [0.1, 0.15) is 47.5 Å². The Morgan fingerprint density at radius 1 is 1.47 bits per heavy atom. The molecule has 0 aliphatic heterocycles. The quantitative estimate of drug-likeness (QED) is 0.686. The highest BCUT2D eigenvalue weighted by Gasteiger charge is 2.36. The van der Waals surface area contributed by atoms with E-state index in [1.807, 2.05) is 19.1 Å². The largest absolute Gasteiger partial charge is 0.385 e. The predicted molar refractivity (Wildman–Crippen MR) is 65.7 cm³/mol. The molecule has 1 aliphatic rings. The maximum absolute atomic E-state index is 10.2. The Morgan fingerprint density at radius 2 is 2.07 bits per heavy atom. The van der Waals surface area contributed by atoms with Crippen molar-refractivity contribution >= 4 is 0 Å². The Bertz CT molecular complexity index is 284. The van der Waals surface area contributed by atoms with E-state index in [-0.39, 0.29) is 5.41 Å². The number of aliphatic hydroxyl groups is 1. The number of allylic oxidation sites excluding steroid dienone is 2. The molecule has 0 radical (unpaired) electrons. The summed E-state index contributed by atoms with van der Waals surface area (Å²) in [5.74, 6) is 0.649. The van der Waals surface area contributed by atoms with Crippen molar-refractivity contribution in [2.24, 2.45) is 11.3 Å². The lowest BCUT2D eigenvalue weighted by atomic mass is 9.64. The van der Waals surface area contributed by atoms with Gasteiger partial charge in [0.1, 0.15) is 0 Å². The summed E-state index contributed by atoms with van der Waals surface area (Å²) in [5.41, 5.74) is 2.74. The van der Waals surface area contributed by atoms with Gasteiger partial charge in [0.15, 0.2) is 0 Å². The van der Waals surface area contributed by atoms with E-state index in [9.17, 15) is 5.11 Å². The zero-order chi connectivity index (χ0) is 11.6. The molecule has 0 aromatic rings. The molecule has 2 unspecified atom stereocenters. The second-order valence-electron chi connectivity index (χ2n) is 5.33. The molecule has 0 aromatic heterocycles. The van der Waals surface area contributed by atoms with Crippen LogP contribution in [-0.4, -0.2) is 11.2 Å². The van der Waals surface area contributed by atoms with Gasteiger partial charge in [-0.2, -0.15) is 0 Å². The van der Waals surface area contributed by atoms with Gasteiger partial charge in [0.2, 0.25) is 0 Å². The molecule has 0 spiro atoms. The van der Waals surface area contributed by atoms with E-state index in [4.69, 9.17) is 0 Å². The Kier molecular flexibility index (Phi) is 3.77. The second-order valence-corrected chi connectivity index (χ2v) is 5.33. The van der Waals surface area contributed by atoms with E-state index in [1.165, 1.54) is 17.6 Å². The Labute approximate surface area is 93.9 Å². The fourth-order valence-electron chi connectivity index (χ4n) is 2.66. The van der Waals surface area contributed by atoms with Gasteiger partial charge in [0.25, 0.3) is 0 Å². The van der Waals surface area contributed by atoms with Crippen molar-refractivity contribution in [3.8, 4) is 0 Å². The first-order chi connectivity index (χ1) is 6.91. The van der Waals surface area contributed by atoms with Crippen LogP contribution in [0.15, 0.2) is 23.3 Å². The molecule has 15 heavy (non-hydrogen) atoms. The lowest BCUT2D eigenvalue weighted by Gasteiger charge is -2.41. The van der Waals surface area contributed by atoms with Crippen LogP contribution >= 0.6 is 0 Å². The van der Waals surface area contributed by atoms with Crippen molar-refractivity contribution in [2.45, 2.75) is 53.6 Å². The van der Waals surface area contributed by atoms with Crippen molar-refractivity contribution in [3.63, 3.8) is 0 Å². The molecule has 0 aromatic carbocycles. The van der Waals surface area contributed by atoms with Gasteiger partial charge < -0.3 is 5.11 Å². The van der Waals surface area contributed by atoms with Gasteiger partial charge >= 0.3 is 0 Å². The topological polar surface area (TPSA) is 20.2 Å². The van der Waals surface area contributed by atoms with E-state index in [2.05, 4.69) is 27.7 Å². The molecular weight excluding hydrogens is 184 g/mol. The molecule has 1 heteroatoms. The third kappa shape index (κ3) is 2.34.